The Balaban J connectivity index is 1.66. The van der Waals surface area contributed by atoms with Gasteiger partial charge in [0.2, 0.25) is 0 Å². The maximum absolute atomic E-state index is 12.8. The Bertz CT molecular complexity index is 735. The molecule has 6 nitrogen and oxygen atoms in total. The van der Waals surface area contributed by atoms with Gasteiger partial charge in [-0.15, -0.1) is 0 Å². The molecule has 2 aromatic rings. The van der Waals surface area contributed by atoms with Crippen LogP contribution in [0.15, 0.2) is 30.6 Å². The zero-order valence-corrected chi connectivity index (χ0v) is 13.0. The Morgan fingerprint density at radius 1 is 1.17 bits per heavy atom. The second-order valence-corrected chi connectivity index (χ2v) is 5.56. The van der Waals surface area contributed by atoms with Crippen LogP contribution in [0.3, 0.4) is 0 Å². The number of anilines is 1. The SMILES string of the molecule is Cn1cc(C(=O)N2CCN(c3cccc(C(F)(F)F)n3)CC2)cn1. The van der Waals surface area contributed by atoms with Gasteiger partial charge in [-0.1, -0.05) is 6.07 Å². The number of nitrogens with zero attached hydrogens (tertiary/aromatic N) is 5. The number of aromatic nitrogens is 3. The summed E-state index contributed by atoms with van der Waals surface area (Å²) in [5.74, 6) is 0.151. The summed E-state index contributed by atoms with van der Waals surface area (Å²) in [7, 11) is 1.73. The van der Waals surface area contributed by atoms with E-state index < -0.39 is 11.9 Å². The first-order chi connectivity index (χ1) is 11.3. The minimum absolute atomic E-state index is 0.125. The molecular weight excluding hydrogens is 323 g/mol. The minimum Gasteiger partial charge on any atom is -0.353 e. The van der Waals surface area contributed by atoms with Crippen molar-refractivity contribution in [1.82, 2.24) is 19.7 Å². The van der Waals surface area contributed by atoms with Gasteiger partial charge in [0.15, 0.2) is 0 Å². The molecule has 0 N–H and O–H groups in total. The maximum Gasteiger partial charge on any atom is 0.433 e. The minimum atomic E-state index is -4.46. The average Bonchev–Trinajstić information content (AvgIpc) is 3.00. The molecule has 128 valence electrons. The third kappa shape index (κ3) is 3.34. The first-order valence-electron chi connectivity index (χ1n) is 7.42. The molecule has 1 aliphatic rings. The molecule has 0 unspecified atom stereocenters. The van der Waals surface area contributed by atoms with Gasteiger partial charge in [0.05, 0.1) is 11.8 Å². The van der Waals surface area contributed by atoms with Crippen LogP contribution in [0.2, 0.25) is 0 Å². The summed E-state index contributed by atoms with van der Waals surface area (Å²) in [6.07, 6.45) is -1.32. The molecule has 0 spiro atoms. The molecule has 2 aromatic heterocycles. The number of hydrogen-bond acceptors (Lipinski definition) is 4. The van der Waals surface area contributed by atoms with Crippen molar-refractivity contribution in [2.24, 2.45) is 7.05 Å². The van der Waals surface area contributed by atoms with Crippen LogP contribution in [0, 0.1) is 0 Å². The number of carbonyl (C=O) groups excluding carboxylic acids is 1. The predicted octanol–water partition coefficient (Wildman–Crippen LogP) is 1.80. The van der Waals surface area contributed by atoms with Gasteiger partial charge in [0.1, 0.15) is 11.5 Å². The highest BCUT2D eigenvalue weighted by molar-refractivity contribution is 5.93. The monoisotopic (exact) mass is 339 g/mol. The average molecular weight is 339 g/mol. The normalized spacial score (nSPS) is 15.7. The van der Waals surface area contributed by atoms with E-state index in [1.54, 1.807) is 33.8 Å². The molecule has 3 heterocycles. The molecule has 0 radical (unpaired) electrons. The van der Waals surface area contributed by atoms with Gasteiger partial charge >= 0.3 is 6.18 Å². The zero-order chi connectivity index (χ0) is 17.3. The van der Waals surface area contributed by atoms with E-state index in [1.807, 2.05) is 0 Å². The fraction of sp³-hybridized carbons (Fsp3) is 0.400. The van der Waals surface area contributed by atoms with E-state index in [-0.39, 0.29) is 11.7 Å². The lowest BCUT2D eigenvalue weighted by atomic mass is 10.2. The Kier molecular flexibility index (Phi) is 4.16. The number of pyridine rings is 1. The molecule has 9 heteroatoms. The van der Waals surface area contributed by atoms with Crippen molar-refractivity contribution in [2.75, 3.05) is 31.1 Å². The quantitative estimate of drug-likeness (QED) is 0.837. The summed E-state index contributed by atoms with van der Waals surface area (Å²) in [5.41, 5.74) is -0.406. The van der Waals surface area contributed by atoms with Crippen LogP contribution >= 0.6 is 0 Å². The molecule has 0 saturated carbocycles. The van der Waals surface area contributed by atoms with E-state index in [2.05, 4.69) is 10.1 Å². The first kappa shape index (κ1) is 16.3. The van der Waals surface area contributed by atoms with Crippen molar-refractivity contribution in [2.45, 2.75) is 6.18 Å². The lowest BCUT2D eigenvalue weighted by Crippen LogP contribution is -2.49. The number of rotatable bonds is 2. The second-order valence-electron chi connectivity index (χ2n) is 5.56. The largest absolute Gasteiger partial charge is 0.433 e. The van der Waals surface area contributed by atoms with Gasteiger partial charge in [0.25, 0.3) is 5.91 Å². The zero-order valence-electron chi connectivity index (χ0n) is 13.0. The van der Waals surface area contributed by atoms with Gasteiger partial charge in [0, 0.05) is 39.4 Å². The Morgan fingerprint density at radius 2 is 1.88 bits per heavy atom. The molecule has 0 aliphatic carbocycles. The van der Waals surface area contributed by atoms with Crippen LogP contribution in [-0.4, -0.2) is 51.8 Å². The van der Waals surface area contributed by atoms with Crippen LogP contribution in [-0.2, 0) is 13.2 Å². The summed E-state index contributed by atoms with van der Waals surface area (Å²) >= 11 is 0. The topological polar surface area (TPSA) is 54.3 Å². The molecule has 1 aliphatic heterocycles. The number of piperazine rings is 1. The van der Waals surface area contributed by atoms with Gasteiger partial charge in [-0.2, -0.15) is 18.3 Å². The second kappa shape index (κ2) is 6.14. The number of aryl methyl sites for hydroxylation is 1. The van der Waals surface area contributed by atoms with Crippen molar-refractivity contribution in [3.05, 3.63) is 41.9 Å². The van der Waals surface area contributed by atoms with Crippen molar-refractivity contribution >= 4 is 11.7 Å². The van der Waals surface area contributed by atoms with E-state index in [9.17, 15) is 18.0 Å². The molecular formula is C15H16F3N5O. The molecule has 0 atom stereocenters. The summed E-state index contributed by atoms with van der Waals surface area (Å²) in [6.45, 7) is 1.71. The Hall–Kier alpha value is -2.58. The van der Waals surface area contributed by atoms with Crippen LogP contribution in [0.5, 0.6) is 0 Å². The highest BCUT2D eigenvalue weighted by Gasteiger charge is 2.33. The van der Waals surface area contributed by atoms with Crippen LogP contribution < -0.4 is 4.90 Å². The molecule has 1 fully saturated rings. The summed E-state index contributed by atoms with van der Waals surface area (Å²) in [5, 5.41) is 3.97. The summed E-state index contributed by atoms with van der Waals surface area (Å²) < 4.78 is 39.8. The van der Waals surface area contributed by atoms with Gasteiger partial charge < -0.3 is 9.80 Å². The lowest BCUT2D eigenvalue weighted by molar-refractivity contribution is -0.141. The van der Waals surface area contributed by atoms with Gasteiger partial charge in [-0.25, -0.2) is 4.98 Å². The van der Waals surface area contributed by atoms with E-state index in [0.717, 1.165) is 6.07 Å². The number of amides is 1. The molecule has 1 saturated heterocycles. The molecule has 24 heavy (non-hydrogen) atoms. The fourth-order valence-electron chi connectivity index (χ4n) is 2.61. The predicted molar refractivity (Wildman–Crippen MR) is 80.6 cm³/mol. The van der Waals surface area contributed by atoms with E-state index in [0.29, 0.717) is 31.7 Å². The van der Waals surface area contributed by atoms with Gasteiger partial charge in [-0.3, -0.25) is 9.48 Å². The van der Waals surface area contributed by atoms with E-state index >= 15 is 0 Å². The molecule has 0 aromatic carbocycles. The van der Waals surface area contributed by atoms with Crippen LogP contribution in [0.1, 0.15) is 16.1 Å². The number of carbonyl (C=O) groups is 1. The third-order valence-corrected chi connectivity index (χ3v) is 3.87. The summed E-state index contributed by atoms with van der Waals surface area (Å²) in [4.78, 5) is 19.4. The van der Waals surface area contributed by atoms with E-state index in [1.165, 1.54) is 12.3 Å². The Morgan fingerprint density at radius 3 is 2.46 bits per heavy atom. The number of halogens is 3. The van der Waals surface area contributed by atoms with Crippen LogP contribution in [0.25, 0.3) is 0 Å². The van der Waals surface area contributed by atoms with Crippen molar-refractivity contribution in [1.29, 1.82) is 0 Å². The van der Waals surface area contributed by atoms with Crippen LogP contribution in [0.4, 0.5) is 19.0 Å². The maximum atomic E-state index is 12.8. The number of alkyl halides is 3. The highest BCUT2D eigenvalue weighted by atomic mass is 19.4. The molecule has 1 amide bonds. The third-order valence-electron chi connectivity index (χ3n) is 3.87. The Labute approximate surface area is 136 Å². The molecule has 0 bridgehead atoms. The smallest absolute Gasteiger partial charge is 0.353 e. The van der Waals surface area contributed by atoms with Crippen molar-refractivity contribution < 1.29 is 18.0 Å². The van der Waals surface area contributed by atoms with Gasteiger partial charge in [-0.05, 0) is 12.1 Å². The first-order valence-corrected chi connectivity index (χ1v) is 7.42. The summed E-state index contributed by atoms with van der Waals surface area (Å²) in [6, 6.07) is 3.85. The standard InChI is InChI=1S/C15H16F3N5O/c1-21-10-11(9-19-21)14(24)23-7-5-22(6-8-23)13-4-2-3-12(20-13)15(16,17)18/h2-4,9-10H,5-8H2,1H3. The highest BCUT2D eigenvalue weighted by Crippen LogP contribution is 2.29. The van der Waals surface area contributed by atoms with Crippen molar-refractivity contribution in [3.8, 4) is 0 Å². The fourth-order valence-corrected chi connectivity index (χ4v) is 2.61. The van der Waals surface area contributed by atoms with Crippen molar-refractivity contribution in [3.63, 3.8) is 0 Å². The lowest BCUT2D eigenvalue weighted by Gasteiger charge is -2.35. The van der Waals surface area contributed by atoms with E-state index in [4.69, 9.17) is 0 Å². The molecule has 3 rings (SSSR count). The number of hydrogen-bond donors (Lipinski definition) is 0.